The number of hydrogen-bond donors (Lipinski definition) is 2. The summed E-state index contributed by atoms with van der Waals surface area (Å²) in [5.74, 6) is -0.889. The van der Waals surface area contributed by atoms with Crippen molar-refractivity contribution in [2.24, 2.45) is 5.10 Å². The zero-order valence-electron chi connectivity index (χ0n) is 16.6. The maximum Gasteiger partial charge on any atom is 0.267 e. The SMILES string of the molecule is Cc1ccc(C)c(N2N=C(C(=O)NCC(=O)NCc3ccccc3)CCC2=O)c1. The van der Waals surface area contributed by atoms with E-state index in [0.717, 1.165) is 16.7 Å². The molecule has 0 spiro atoms. The van der Waals surface area contributed by atoms with Crippen LogP contribution in [0.25, 0.3) is 0 Å². The smallest absolute Gasteiger partial charge is 0.267 e. The molecule has 0 saturated carbocycles. The highest BCUT2D eigenvalue weighted by atomic mass is 16.2. The Bertz CT molecular complexity index is 954. The van der Waals surface area contributed by atoms with E-state index in [1.54, 1.807) is 0 Å². The Morgan fingerprint density at radius 2 is 1.79 bits per heavy atom. The van der Waals surface area contributed by atoms with Crippen LogP contribution < -0.4 is 15.6 Å². The van der Waals surface area contributed by atoms with Gasteiger partial charge in [-0.2, -0.15) is 5.10 Å². The summed E-state index contributed by atoms with van der Waals surface area (Å²) >= 11 is 0. The van der Waals surface area contributed by atoms with Gasteiger partial charge in [0.1, 0.15) is 5.71 Å². The lowest BCUT2D eigenvalue weighted by Crippen LogP contribution is -2.43. The summed E-state index contributed by atoms with van der Waals surface area (Å²) in [7, 11) is 0. The lowest BCUT2D eigenvalue weighted by molar-refractivity contribution is -0.123. The van der Waals surface area contributed by atoms with Crippen LogP contribution in [0.5, 0.6) is 0 Å². The molecular weight excluding hydrogens is 368 g/mol. The van der Waals surface area contributed by atoms with Gasteiger partial charge in [-0.15, -0.1) is 0 Å². The van der Waals surface area contributed by atoms with Gasteiger partial charge < -0.3 is 10.6 Å². The van der Waals surface area contributed by atoms with E-state index in [9.17, 15) is 14.4 Å². The van der Waals surface area contributed by atoms with E-state index < -0.39 is 5.91 Å². The van der Waals surface area contributed by atoms with Gasteiger partial charge in [0.15, 0.2) is 0 Å². The summed E-state index contributed by atoms with van der Waals surface area (Å²) in [4.78, 5) is 36.8. The Hall–Kier alpha value is -3.48. The molecule has 0 bridgehead atoms. The average molecular weight is 392 g/mol. The van der Waals surface area contributed by atoms with Crippen LogP contribution in [-0.4, -0.2) is 30.0 Å². The summed E-state index contributed by atoms with van der Waals surface area (Å²) in [5.41, 5.74) is 3.78. The van der Waals surface area contributed by atoms with Gasteiger partial charge in [0, 0.05) is 19.4 Å². The standard InChI is InChI=1S/C22H24N4O3/c1-15-8-9-16(2)19(12-15)26-21(28)11-10-18(25-26)22(29)24-14-20(27)23-13-17-6-4-3-5-7-17/h3-9,12H,10-11,13-14H2,1-2H3,(H,23,27)(H,24,29). The van der Waals surface area contributed by atoms with Gasteiger partial charge in [-0.05, 0) is 36.6 Å². The van der Waals surface area contributed by atoms with Crippen molar-refractivity contribution in [2.45, 2.75) is 33.2 Å². The number of hydrogen-bond acceptors (Lipinski definition) is 4. The van der Waals surface area contributed by atoms with Crippen LogP contribution in [0.3, 0.4) is 0 Å². The topological polar surface area (TPSA) is 90.9 Å². The third kappa shape index (κ3) is 5.28. The monoisotopic (exact) mass is 392 g/mol. The van der Waals surface area contributed by atoms with Crippen molar-refractivity contribution in [2.75, 3.05) is 11.6 Å². The second-order valence-electron chi connectivity index (χ2n) is 6.99. The first kappa shape index (κ1) is 20.3. The second kappa shape index (κ2) is 9.14. The number of anilines is 1. The van der Waals surface area contributed by atoms with Crippen molar-refractivity contribution in [3.05, 3.63) is 65.2 Å². The molecule has 0 aliphatic carbocycles. The zero-order valence-corrected chi connectivity index (χ0v) is 16.6. The van der Waals surface area contributed by atoms with Crippen LogP contribution in [0.2, 0.25) is 0 Å². The van der Waals surface area contributed by atoms with Crippen molar-refractivity contribution >= 4 is 29.1 Å². The molecule has 1 heterocycles. The van der Waals surface area contributed by atoms with Gasteiger partial charge in [0.25, 0.3) is 5.91 Å². The van der Waals surface area contributed by atoms with Crippen LogP contribution in [0.4, 0.5) is 5.69 Å². The Morgan fingerprint density at radius 1 is 1.03 bits per heavy atom. The number of hydrazone groups is 1. The van der Waals surface area contributed by atoms with E-state index in [0.29, 0.717) is 12.2 Å². The molecule has 0 atom stereocenters. The highest BCUT2D eigenvalue weighted by Gasteiger charge is 2.26. The summed E-state index contributed by atoms with van der Waals surface area (Å²) in [5, 5.41) is 10.9. The normalized spacial score (nSPS) is 13.7. The predicted octanol–water partition coefficient (Wildman–Crippen LogP) is 2.22. The number of carbonyl (C=O) groups is 3. The first-order chi connectivity index (χ1) is 13.9. The quantitative estimate of drug-likeness (QED) is 0.790. The van der Waals surface area contributed by atoms with Gasteiger partial charge in [-0.1, -0.05) is 42.5 Å². The lowest BCUT2D eigenvalue weighted by Gasteiger charge is -2.24. The van der Waals surface area contributed by atoms with Gasteiger partial charge in [0.2, 0.25) is 11.8 Å². The Kier molecular flexibility index (Phi) is 6.39. The first-order valence-electron chi connectivity index (χ1n) is 9.50. The van der Waals surface area contributed by atoms with Gasteiger partial charge >= 0.3 is 0 Å². The van der Waals surface area contributed by atoms with Crippen LogP contribution in [-0.2, 0) is 20.9 Å². The minimum Gasteiger partial charge on any atom is -0.350 e. The van der Waals surface area contributed by atoms with E-state index in [4.69, 9.17) is 0 Å². The maximum atomic E-state index is 12.5. The molecule has 0 saturated heterocycles. The summed E-state index contributed by atoms with van der Waals surface area (Å²) in [6.45, 7) is 4.07. The largest absolute Gasteiger partial charge is 0.350 e. The third-order valence-corrected chi connectivity index (χ3v) is 4.63. The molecule has 2 aromatic rings. The molecular formula is C22H24N4O3. The third-order valence-electron chi connectivity index (χ3n) is 4.63. The van der Waals surface area contributed by atoms with E-state index in [2.05, 4.69) is 15.7 Å². The van der Waals surface area contributed by atoms with Gasteiger partial charge in [-0.3, -0.25) is 14.4 Å². The van der Waals surface area contributed by atoms with Crippen molar-refractivity contribution in [1.29, 1.82) is 0 Å². The second-order valence-corrected chi connectivity index (χ2v) is 6.99. The molecule has 3 rings (SSSR count). The molecule has 150 valence electrons. The Morgan fingerprint density at radius 3 is 2.55 bits per heavy atom. The molecule has 7 nitrogen and oxygen atoms in total. The fourth-order valence-electron chi connectivity index (χ4n) is 2.97. The van der Waals surface area contributed by atoms with E-state index in [-0.39, 0.29) is 36.9 Å². The highest BCUT2D eigenvalue weighted by Crippen LogP contribution is 2.25. The fraction of sp³-hybridized carbons (Fsp3) is 0.273. The van der Waals surface area contributed by atoms with Crippen molar-refractivity contribution in [3.8, 4) is 0 Å². The molecule has 7 heteroatoms. The summed E-state index contributed by atoms with van der Waals surface area (Å²) in [6, 6.07) is 15.3. The summed E-state index contributed by atoms with van der Waals surface area (Å²) < 4.78 is 0. The summed E-state index contributed by atoms with van der Waals surface area (Å²) in [6.07, 6.45) is 0.442. The van der Waals surface area contributed by atoms with Crippen LogP contribution >= 0.6 is 0 Å². The lowest BCUT2D eigenvalue weighted by atomic mass is 10.1. The Labute approximate surface area is 169 Å². The Balaban J connectivity index is 1.60. The number of nitrogens with zero attached hydrogens (tertiary/aromatic N) is 2. The number of nitrogens with one attached hydrogen (secondary N) is 2. The average Bonchev–Trinajstić information content (AvgIpc) is 2.73. The van der Waals surface area contributed by atoms with E-state index >= 15 is 0 Å². The van der Waals surface area contributed by atoms with Crippen molar-refractivity contribution < 1.29 is 14.4 Å². The predicted molar refractivity (Wildman–Crippen MR) is 111 cm³/mol. The molecule has 1 aliphatic rings. The molecule has 0 aromatic heterocycles. The first-order valence-corrected chi connectivity index (χ1v) is 9.50. The van der Waals surface area contributed by atoms with Crippen LogP contribution in [0.1, 0.15) is 29.5 Å². The number of carbonyl (C=O) groups excluding carboxylic acids is 3. The number of amides is 3. The highest BCUT2D eigenvalue weighted by molar-refractivity contribution is 6.40. The van der Waals surface area contributed by atoms with Crippen molar-refractivity contribution in [1.82, 2.24) is 10.6 Å². The number of aryl methyl sites for hydroxylation is 2. The molecule has 2 aromatic carbocycles. The van der Waals surface area contributed by atoms with E-state index in [1.165, 1.54) is 5.01 Å². The molecule has 29 heavy (non-hydrogen) atoms. The molecule has 2 N–H and O–H groups in total. The number of rotatable bonds is 6. The fourth-order valence-corrected chi connectivity index (χ4v) is 2.97. The molecule has 0 fully saturated rings. The minimum atomic E-state index is -0.442. The molecule has 0 radical (unpaired) electrons. The zero-order chi connectivity index (χ0) is 20.8. The van der Waals surface area contributed by atoms with Crippen LogP contribution in [0.15, 0.2) is 53.6 Å². The van der Waals surface area contributed by atoms with Gasteiger partial charge in [-0.25, -0.2) is 5.01 Å². The minimum absolute atomic E-state index is 0.151. The van der Waals surface area contributed by atoms with Crippen LogP contribution in [0, 0.1) is 13.8 Å². The number of benzene rings is 2. The molecule has 0 unspecified atom stereocenters. The molecule has 3 amide bonds. The van der Waals surface area contributed by atoms with E-state index in [1.807, 2.05) is 62.4 Å². The van der Waals surface area contributed by atoms with Crippen molar-refractivity contribution in [3.63, 3.8) is 0 Å². The maximum absolute atomic E-state index is 12.5. The van der Waals surface area contributed by atoms with Gasteiger partial charge in [0.05, 0.1) is 12.2 Å². The molecule has 1 aliphatic heterocycles.